The van der Waals surface area contributed by atoms with E-state index in [0.29, 0.717) is 0 Å². The zero-order chi connectivity index (χ0) is 18.5. The number of piperazine rings is 1. The van der Waals surface area contributed by atoms with Gasteiger partial charge in [-0.25, -0.2) is 0 Å². The third-order valence-electron chi connectivity index (χ3n) is 8.98. The topological polar surface area (TPSA) is 9.72 Å². The van der Waals surface area contributed by atoms with Crippen LogP contribution in [0.15, 0.2) is 30.3 Å². The molecule has 2 saturated heterocycles. The molecule has 1 atom stereocenters. The Labute approximate surface area is 171 Å². The first kappa shape index (κ1) is 17.8. The Bertz CT molecular complexity index is 638. The Kier molecular flexibility index (Phi) is 4.65. The standard InChI is InChI=1S/C25H37N3/c1-2-5-23(6-3-1)26-9-11-27(12-10-26)24-7-4-8-28(18-24)25-21-14-19-13-20(16-21)17-22(25)15-19/h1-3,5-6,19-22,24-25H,4,7-18H2/t19?,20?,21?,22?,24-,25?/m0/s1. The quantitative estimate of drug-likeness (QED) is 0.783. The average molecular weight is 380 g/mol. The van der Waals surface area contributed by atoms with Crippen LogP contribution in [0.2, 0.25) is 0 Å². The van der Waals surface area contributed by atoms with Gasteiger partial charge in [0, 0.05) is 50.5 Å². The Morgan fingerprint density at radius 2 is 1.36 bits per heavy atom. The summed E-state index contributed by atoms with van der Waals surface area (Å²) in [5, 5.41) is 0. The lowest BCUT2D eigenvalue weighted by atomic mass is 9.53. The third kappa shape index (κ3) is 3.19. The summed E-state index contributed by atoms with van der Waals surface area (Å²) >= 11 is 0. The number of piperidine rings is 1. The van der Waals surface area contributed by atoms with Crippen molar-refractivity contribution >= 4 is 5.69 Å². The predicted molar refractivity (Wildman–Crippen MR) is 116 cm³/mol. The Balaban J connectivity index is 1.09. The highest BCUT2D eigenvalue weighted by atomic mass is 15.3. The number of hydrogen-bond donors (Lipinski definition) is 0. The third-order valence-corrected chi connectivity index (χ3v) is 8.98. The molecule has 3 nitrogen and oxygen atoms in total. The van der Waals surface area contributed by atoms with Gasteiger partial charge in [-0.2, -0.15) is 0 Å². The zero-order valence-corrected chi connectivity index (χ0v) is 17.4. The summed E-state index contributed by atoms with van der Waals surface area (Å²) in [6.07, 6.45) is 10.7. The fourth-order valence-electron chi connectivity index (χ4n) is 8.03. The van der Waals surface area contributed by atoms with Gasteiger partial charge in [0.2, 0.25) is 0 Å². The maximum Gasteiger partial charge on any atom is 0.0367 e. The van der Waals surface area contributed by atoms with Gasteiger partial charge in [0.1, 0.15) is 0 Å². The molecule has 0 N–H and O–H groups in total. The lowest BCUT2D eigenvalue weighted by Gasteiger charge is -2.58. The molecule has 0 unspecified atom stereocenters. The van der Waals surface area contributed by atoms with Gasteiger partial charge in [-0.15, -0.1) is 0 Å². The lowest BCUT2D eigenvalue weighted by Crippen LogP contribution is -2.61. The molecule has 2 aliphatic heterocycles. The maximum absolute atomic E-state index is 2.99. The molecule has 0 radical (unpaired) electrons. The molecule has 4 bridgehead atoms. The van der Waals surface area contributed by atoms with Crippen molar-refractivity contribution < 1.29 is 0 Å². The molecule has 2 heterocycles. The highest BCUT2D eigenvalue weighted by Gasteiger charge is 2.50. The molecule has 152 valence electrons. The highest BCUT2D eigenvalue weighted by molar-refractivity contribution is 5.46. The van der Waals surface area contributed by atoms with E-state index >= 15 is 0 Å². The van der Waals surface area contributed by atoms with E-state index in [1.54, 1.807) is 32.1 Å². The van der Waals surface area contributed by atoms with Crippen molar-refractivity contribution in [3.05, 3.63) is 30.3 Å². The highest BCUT2D eigenvalue weighted by Crippen LogP contribution is 2.55. The molecule has 4 aliphatic carbocycles. The monoisotopic (exact) mass is 379 g/mol. The minimum absolute atomic E-state index is 0.809. The molecule has 0 amide bonds. The maximum atomic E-state index is 2.99. The van der Waals surface area contributed by atoms with Crippen LogP contribution in [0.3, 0.4) is 0 Å². The summed E-state index contributed by atoms with van der Waals surface area (Å²) in [5.41, 5.74) is 1.40. The number of likely N-dealkylation sites (tertiary alicyclic amines) is 1. The van der Waals surface area contributed by atoms with Gasteiger partial charge >= 0.3 is 0 Å². The fraction of sp³-hybridized carbons (Fsp3) is 0.760. The van der Waals surface area contributed by atoms with Crippen molar-refractivity contribution in [1.29, 1.82) is 0 Å². The van der Waals surface area contributed by atoms with Gasteiger partial charge in [-0.05, 0) is 87.3 Å². The minimum Gasteiger partial charge on any atom is -0.369 e. The van der Waals surface area contributed by atoms with Crippen LogP contribution < -0.4 is 4.90 Å². The van der Waals surface area contributed by atoms with Crippen LogP contribution in [0.25, 0.3) is 0 Å². The minimum atomic E-state index is 0.809. The average Bonchev–Trinajstić information content (AvgIpc) is 2.74. The number of anilines is 1. The summed E-state index contributed by atoms with van der Waals surface area (Å²) in [6, 6.07) is 12.8. The molecule has 28 heavy (non-hydrogen) atoms. The van der Waals surface area contributed by atoms with Gasteiger partial charge < -0.3 is 4.90 Å². The van der Waals surface area contributed by atoms with Crippen LogP contribution in [-0.4, -0.2) is 61.2 Å². The van der Waals surface area contributed by atoms with Crippen LogP contribution in [0, 0.1) is 23.7 Å². The first-order valence-corrected chi connectivity index (χ1v) is 12.1. The van der Waals surface area contributed by atoms with Crippen LogP contribution in [0.5, 0.6) is 0 Å². The van der Waals surface area contributed by atoms with Crippen molar-refractivity contribution in [2.24, 2.45) is 23.7 Å². The summed E-state index contributed by atoms with van der Waals surface area (Å²) in [4.78, 5) is 8.40. The first-order valence-electron chi connectivity index (χ1n) is 12.1. The van der Waals surface area contributed by atoms with Crippen molar-refractivity contribution in [3.63, 3.8) is 0 Å². The molecule has 4 saturated carbocycles. The fourth-order valence-corrected chi connectivity index (χ4v) is 8.03. The molecule has 6 fully saturated rings. The second-order valence-corrected chi connectivity index (χ2v) is 10.6. The predicted octanol–water partition coefficient (Wildman–Crippen LogP) is 4.10. The molecule has 3 heteroatoms. The molecule has 0 spiro atoms. The number of nitrogens with zero attached hydrogens (tertiary/aromatic N) is 3. The van der Waals surface area contributed by atoms with Crippen molar-refractivity contribution in [2.75, 3.05) is 44.2 Å². The van der Waals surface area contributed by atoms with E-state index in [1.807, 2.05) is 0 Å². The molecule has 0 aromatic heterocycles. The van der Waals surface area contributed by atoms with Crippen LogP contribution in [-0.2, 0) is 0 Å². The van der Waals surface area contributed by atoms with Crippen LogP contribution >= 0.6 is 0 Å². The summed E-state index contributed by atoms with van der Waals surface area (Å²) in [6.45, 7) is 7.62. The van der Waals surface area contributed by atoms with Crippen LogP contribution in [0.4, 0.5) is 5.69 Å². The summed E-state index contributed by atoms with van der Waals surface area (Å²) in [5.74, 6) is 4.30. The molecule has 1 aromatic rings. The second-order valence-electron chi connectivity index (χ2n) is 10.6. The molecular weight excluding hydrogens is 342 g/mol. The number of para-hydroxylation sites is 1. The molecular formula is C25H37N3. The summed E-state index contributed by atoms with van der Waals surface area (Å²) in [7, 11) is 0. The Hall–Kier alpha value is -1.06. The number of benzene rings is 1. The summed E-state index contributed by atoms with van der Waals surface area (Å²) < 4.78 is 0. The molecule has 7 rings (SSSR count). The largest absolute Gasteiger partial charge is 0.369 e. The van der Waals surface area contributed by atoms with Gasteiger partial charge in [-0.1, -0.05) is 18.2 Å². The van der Waals surface area contributed by atoms with Gasteiger partial charge in [0.25, 0.3) is 0 Å². The SMILES string of the molecule is c1ccc(N2CCN([C@H]3CCCN(C4C5CC6CC(C5)CC4C6)C3)CC2)cc1. The van der Waals surface area contributed by atoms with Gasteiger partial charge in [-0.3, -0.25) is 9.80 Å². The van der Waals surface area contributed by atoms with E-state index in [1.165, 1.54) is 57.8 Å². The van der Waals surface area contributed by atoms with E-state index < -0.39 is 0 Å². The zero-order valence-electron chi connectivity index (χ0n) is 17.4. The van der Waals surface area contributed by atoms with Gasteiger partial charge in [0.15, 0.2) is 0 Å². The Morgan fingerprint density at radius 3 is 2.04 bits per heavy atom. The normalized spacial score (nSPS) is 41.5. The van der Waals surface area contributed by atoms with E-state index in [0.717, 1.165) is 35.8 Å². The number of rotatable bonds is 3. The molecule has 6 aliphatic rings. The molecule has 1 aromatic carbocycles. The van der Waals surface area contributed by atoms with Crippen LogP contribution in [0.1, 0.15) is 44.9 Å². The smallest absolute Gasteiger partial charge is 0.0367 e. The Morgan fingerprint density at radius 1 is 0.679 bits per heavy atom. The van der Waals surface area contributed by atoms with E-state index in [9.17, 15) is 0 Å². The van der Waals surface area contributed by atoms with Crippen molar-refractivity contribution in [2.45, 2.75) is 57.0 Å². The van der Waals surface area contributed by atoms with Crippen molar-refractivity contribution in [1.82, 2.24) is 9.80 Å². The van der Waals surface area contributed by atoms with E-state index in [-0.39, 0.29) is 0 Å². The van der Waals surface area contributed by atoms with E-state index in [2.05, 4.69) is 45.0 Å². The number of hydrogen-bond acceptors (Lipinski definition) is 3. The second kappa shape index (κ2) is 7.32. The van der Waals surface area contributed by atoms with Crippen molar-refractivity contribution in [3.8, 4) is 0 Å². The lowest BCUT2D eigenvalue weighted by molar-refractivity contribution is -0.0795. The first-order chi connectivity index (χ1) is 13.8. The van der Waals surface area contributed by atoms with Gasteiger partial charge in [0.05, 0.1) is 0 Å². The van der Waals surface area contributed by atoms with E-state index in [4.69, 9.17) is 0 Å².